The van der Waals surface area contributed by atoms with E-state index in [1.54, 1.807) is 0 Å². The van der Waals surface area contributed by atoms with E-state index in [0.29, 0.717) is 6.61 Å². The van der Waals surface area contributed by atoms with Gasteiger partial charge in [0.15, 0.2) is 0 Å². The summed E-state index contributed by atoms with van der Waals surface area (Å²) in [5.41, 5.74) is 3.88. The predicted molar refractivity (Wildman–Crippen MR) is 97.0 cm³/mol. The zero-order valence-electron chi connectivity index (χ0n) is 12.8. The highest BCUT2D eigenvalue weighted by Gasteiger charge is 2.17. The summed E-state index contributed by atoms with van der Waals surface area (Å²) in [6.07, 6.45) is 0. The first-order valence-electron chi connectivity index (χ1n) is 7.38. The van der Waals surface area contributed by atoms with Crippen molar-refractivity contribution in [3.05, 3.63) is 62.7 Å². The van der Waals surface area contributed by atoms with Gasteiger partial charge in [0.2, 0.25) is 0 Å². The Morgan fingerprint density at radius 3 is 2.62 bits per heavy atom. The Bertz CT molecular complexity index is 598. The molecular weight excluding hydrogens is 373 g/mol. The molecule has 0 bridgehead atoms. The van der Waals surface area contributed by atoms with Crippen molar-refractivity contribution < 1.29 is 4.74 Å². The Morgan fingerprint density at radius 2 is 1.90 bits per heavy atom. The molecule has 0 heterocycles. The molecule has 2 nitrogen and oxygen atoms in total. The zero-order valence-corrected chi connectivity index (χ0v) is 15.0. The van der Waals surface area contributed by atoms with Crippen LogP contribution in [0.4, 0.5) is 0 Å². The number of hydrogen-bond acceptors (Lipinski definition) is 2. The third-order valence-corrected chi connectivity index (χ3v) is 4.92. The number of rotatable bonds is 6. The minimum Gasteiger partial charge on any atom is -0.494 e. The molecule has 0 saturated carbocycles. The Hall–Kier alpha value is -1.07. The van der Waals surface area contributed by atoms with Gasteiger partial charge in [-0.15, -0.1) is 0 Å². The lowest BCUT2D eigenvalue weighted by Crippen LogP contribution is -2.23. The van der Waals surface area contributed by atoms with Crippen LogP contribution in [0.2, 0.25) is 0 Å². The number of nitrogens with one attached hydrogen (secondary N) is 1. The maximum atomic E-state index is 5.64. The first-order chi connectivity index (χ1) is 10.2. The van der Waals surface area contributed by atoms with Gasteiger partial charge in [0, 0.05) is 3.57 Å². The molecule has 0 spiro atoms. The second-order valence-corrected chi connectivity index (χ2v) is 6.05. The molecule has 0 radical (unpaired) electrons. The zero-order chi connectivity index (χ0) is 15.2. The van der Waals surface area contributed by atoms with Crippen LogP contribution in [-0.4, -0.2) is 13.2 Å². The van der Waals surface area contributed by atoms with Crippen LogP contribution in [0.3, 0.4) is 0 Å². The topological polar surface area (TPSA) is 21.3 Å². The summed E-state index contributed by atoms with van der Waals surface area (Å²) in [5.74, 6) is 0.931. The van der Waals surface area contributed by atoms with Crippen molar-refractivity contribution in [1.82, 2.24) is 5.32 Å². The lowest BCUT2D eigenvalue weighted by molar-refractivity contribution is 0.339. The highest BCUT2D eigenvalue weighted by atomic mass is 127. The molecule has 3 heteroatoms. The fourth-order valence-electron chi connectivity index (χ4n) is 2.46. The molecule has 2 aromatic carbocycles. The van der Waals surface area contributed by atoms with Gasteiger partial charge in [0.05, 0.1) is 12.6 Å². The minimum absolute atomic E-state index is 0.196. The maximum absolute atomic E-state index is 5.64. The fourth-order valence-corrected chi connectivity index (χ4v) is 3.13. The largest absolute Gasteiger partial charge is 0.494 e. The smallest absolute Gasteiger partial charge is 0.119 e. The first kappa shape index (κ1) is 16.3. The van der Waals surface area contributed by atoms with Gasteiger partial charge in [0.1, 0.15) is 5.75 Å². The summed E-state index contributed by atoms with van der Waals surface area (Å²) in [5, 5.41) is 3.59. The Labute approximate surface area is 141 Å². The lowest BCUT2D eigenvalue weighted by Gasteiger charge is -2.22. The average Bonchev–Trinajstić information content (AvgIpc) is 2.49. The van der Waals surface area contributed by atoms with Crippen molar-refractivity contribution in [3.63, 3.8) is 0 Å². The number of hydrogen-bond donors (Lipinski definition) is 1. The van der Waals surface area contributed by atoms with E-state index in [1.165, 1.54) is 20.3 Å². The molecule has 0 fully saturated rings. The van der Waals surface area contributed by atoms with Gasteiger partial charge in [0.25, 0.3) is 0 Å². The normalized spacial score (nSPS) is 12.2. The fraction of sp³-hybridized carbons (Fsp3) is 0.333. The van der Waals surface area contributed by atoms with Gasteiger partial charge < -0.3 is 10.1 Å². The maximum Gasteiger partial charge on any atom is 0.119 e. The van der Waals surface area contributed by atoms with Crippen LogP contribution in [-0.2, 0) is 0 Å². The molecule has 21 heavy (non-hydrogen) atoms. The molecule has 0 aliphatic heterocycles. The lowest BCUT2D eigenvalue weighted by atomic mass is 9.97. The Kier molecular flexibility index (Phi) is 6.06. The van der Waals surface area contributed by atoms with Crippen molar-refractivity contribution in [2.24, 2.45) is 0 Å². The molecule has 0 aliphatic rings. The van der Waals surface area contributed by atoms with Crippen molar-refractivity contribution >= 4 is 22.6 Å². The Balaban J connectivity index is 2.43. The highest BCUT2D eigenvalue weighted by molar-refractivity contribution is 14.1. The molecule has 0 amide bonds. The number of ether oxygens (including phenoxy) is 1. The minimum atomic E-state index is 0.196. The molecular formula is C18H22INO. The van der Waals surface area contributed by atoms with Gasteiger partial charge in [-0.3, -0.25) is 0 Å². The second kappa shape index (κ2) is 7.80. The van der Waals surface area contributed by atoms with E-state index in [-0.39, 0.29) is 6.04 Å². The van der Waals surface area contributed by atoms with Gasteiger partial charge in [-0.2, -0.15) is 0 Å². The standard InChI is InChI=1S/C18H22INO/c1-4-20-18(16-11-6-8-13(3)17(16)19)14-9-7-10-15(12-14)21-5-2/h6-12,18,20H,4-5H2,1-3H3. The molecule has 1 unspecified atom stereocenters. The van der Waals surface area contributed by atoms with Crippen molar-refractivity contribution in [2.75, 3.05) is 13.2 Å². The number of benzene rings is 2. The van der Waals surface area contributed by atoms with E-state index in [9.17, 15) is 0 Å². The molecule has 2 aromatic rings. The molecule has 0 aromatic heterocycles. The average molecular weight is 395 g/mol. The third kappa shape index (κ3) is 3.98. The quantitative estimate of drug-likeness (QED) is 0.717. The molecule has 112 valence electrons. The monoisotopic (exact) mass is 395 g/mol. The van der Waals surface area contributed by atoms with E-state index in [4.69, 9.17) is 4.74 Å². The molecule has 1 N–H and O–H groups in total. The third-order valence-electron chi connectivity index (χ3n) is 3.44. The number of halogens is 1. The van der Waals surface area contributed by atoms with Gasteiger partial charge in [-0.1, -0.05) is 37.3 Å². The summed E-state index contributed by atoms with van der Waals surface area (Å²) in [7, 11) is 0. The van der Waals surface area contributed by atoms with Gasteiger partial charge in [-0.25, -0.2) is 0 Å². The summed E-state index contributed by atoms with van der Waals surface area (Å²) >= 11 is 2.44. The molecule has 2 rings (SSSR count). The van der Waals surface area contributed by atoms with Crippen molar-refractivity contribution in [1.29, 1.82) is 0 Å². The first-order valence-corrected chi connectivity index (χ1v) is 8.46. The second-order valence-electron chi connectivity index (χ2n) is 4.97. The van der Waals surface area contributed by atoms with E-state index in [0.717, 1.165) is 12.3 Å². The van der Waals surface area contributed by atoms with Crippen LogP contribution < -0.4 is 10.1 Å². The molecule has 0 saturated heterocycles. The van der Waals surface area contributed by atoms with E-state index in [1.807, 2.05) is 13.0 Å². The van der Waals surface area contributed by atoms with Crippen LogP contribution in [0.25, 0.3) is 0 Å². The summed E-state index contributed by atoms with van der Waals surface area (Å²) in [6, 6.07) is 15.1. The van der Waals surface area contributed by atoms with Crippen LogP contribution in [0.5, 0.6) is 5.75 Å². The van der Waals surface area contributed by atoms with Crippen molar-refractivity contribution in [2.45, 2.75) is 26.8 Å². The van der Waals surface area contributed by atoms with E-state index >= 15 is 0 Å². The van der Waals surface area contributed by atoms with Gasteiger partial charge in [-0.05, 0) is 71.8 Å². The van der Waals surface area contributed by atoms with Crippen LogP contribution in [0, 0.1) is 10.5 Å². The summed E-state index contributed by atoms with van der Waals surface area (Å²) in [4.78, 5) is 0. The van der Waals surface area contributed by atoms with Crippen LogP contribution in [0.15, 0.2) is 42.5 Å². The van der Waals surface area contributed by atoms with Gasteiger partial charge >= 0.3 is 0 Å². The Morgan fingerprint density at radius 1 is 1.14 bits per heavy atom. The molecule has 0 aliphatic carbocycles. The van der Waals surface area contributed by atoms with Crippen LogP contribution >= 0.6 is 22.6 Å². The van der Waals surface area contributed by atoms with E-state index < -0.39 is 0 Å². The summed E-state index contributed by atoms with van der Waals surface area (Å²) in [6.45, 7) is 7.93. The molecule has 1 atom stereocenters. The SMILES string of the molecule is CCNC(c1cccc(OCC)c1)c1cccc(C)c1I. The summed E-state index contributed by atoms with van der Waals surface area (Å²) < 4.78 is 6.96. The van der Waals surface area contributed by atoms with E-state index in [2.05, 4.69) is 78.2 Å². The van der Waals surface area contributed by atoms with Crippen molar-refractivity contribution in [3.8, 4) is 5.75 Å². The highest BCUT2D eigenvalue weighted by Crippen LogP contribution is 2.29. The number of aryl methyl sites for hydroxylation is 1. The van der Waals surface area contributed by atoms with Crippen LogP contribution in [0.1, 0.15) is 36.6 Å². The predicted octanol–water partition coefficient (Wildman–Crippen LogP) is 4.70.